The van der Waals surface area contributed by atoms with Crippen molar-refractivity contribution in [3.05, 3.63) is 89.7 Å². The molecule has 0 spiro atoms. The fourth-order valence-corrected chi connectivity index (χ4v) is 4.34. The van der Waals surface area contributed by atoms with Gasteiger partial charge in [0.2, 0.25) is 11.8 Å². The van der Waals surface area contributed by atoms with Crippen molar-refractivity contribution in [3.8, 4) is 5.75 Å². The molecule has 0 N–H and O–H groups in total. The van der Waals surface area contributed by atoms with Gasteiger partial charge in [0.05, 0.1) is 20.2 Å². The Kier molecular flexibility index (Phi) is 9.95. The van der Waals surface area contributed by atoms with Crippen molar-refractivity contribution < 1.29 is 14.3 Å². The molecule has 1 heterocycles. The number of ether oxygens (including phenoxy) is 1. The van der Waals surface area contributed by atoms with Gasteiger partial charge in [-0.25, -0.2) is 0 Å². The van der Waals surface area contributed by atoms with Crippen LogP contribution in [0.25, 0.3) is 0 Å². The number of hydrogen-bond acceptors (Lipinski definition) is 3. The van der Waals surface area contributed by atoms with Gasteiger partial charge in [0, 0.05) is 37.9 Å². The van der Waals surface area contributed by atoms with Crippen LogP contribution in [0.3, 0.4) is 0 Å². The Hall–Kier alpha value is -3.54. The summed E-state index contributed by atoms with van der Waals surface area (Å²) in [4.78, 5) is 30.3. The molecule has 6 heteroatoms. The minimum Gasteiger partial charge on any atom is -0.497 e. The largest absolute Gasteiger partial charge is 0.497 e. The molecule has 0 atom stereocenters. The molecule has 0 aliphatic rings. The monoisotopic (exact) mass is 503 g/mol. The molecular formula is C31H41N3O3. The van der Waals surface area contributed by atoms with Gasteiger partial charge in [-0.2, -0.15) is 0 Å². The van der Waals surface area contributed by atoms with E-state index in [1.807, 2.05) is 72.6 Å². The number of nitrogens with zero attached hydrogens (tertiary/aromatic N) is 3. The summed E-state index contributed by atoms with van der Waals surface area (Å²) < 4.78 is 7.54. The zero-order valence-corrected chi connectivity index (χ0v) is 22.9. The summed E-state index contributed by atoms with van der Waals surface area (Å²) in [5.74, 6) is 0.806. The van der Waals surface area contributed by atoms with Crippen molar-refractivity contribution in [2.75, 3.05) is 20.2 Å². The average Bonchev–Trinajstić information content (AvgIpc) is 3.29. The standard InChI is InChI=1S/C31H41N3O3/c1-6-17-33(29(35)20-31(2,3)4)24-30(36)34(21-25-12-8-7-9-13-25)23-27-15-11-18-32(27)22-26-14-10-16-28(19-26)37-5/h7-16,18-19H,6,17,20-24H2,1-5H3. The maximum absolute atomic E-state index is 13.7. The van der Waals surface area contributed by atoms with Crippen LogP contribution in [0.2, 0.25) is 0 Å². The maximum atomic E-state index is 13.7. The Labute approximate surface area is 221 Å². The molecule has 0 fully saturated rings. The highest BCUT2D eigenvalue weighted by molar-refractivity contribution is 5.85. The van der Waals surface area contributed by atoms with Crippen molar-refractivity contribution in [3.63, 3.8) is 0 Å². The second-order valence-corrected chi connectivity index (χ2v) is 10.8. The lowest BCUT2D eigenvalue weighted by molar-refractivity contribution is -0.142. The first-order chi connectivity index (χ1) is 17.7. The van der Waals surface area contributed by atoms with Gasteiger partial charge in [-0.15, -0.1) is 0 Å². The maximum Gasteiger partial charge on any atom is 0.242 e. The molecule has 2 amide bonds. The van der Waals surface area contributed by atoms with E-state index in [-0.39, 0.29) is 23.8 Å². The van der Waals surface area contributed by atoms with Crippen LogP contribution in [0.1, 0.15) is 57.4 Å². The molecular weight excluding hydrogens is 462 g/mol. The fraction of sp³-hybridized carbons (Fsp3) is 0.419. The smallest absolute Gasteiger partial charge is 0.242 e. The van der Waals surface area contributed by atoms with E-state index in [9.17, 15) is 9.59 Å². The van der Waals surface area contributed by atoms with Crippen molar-refractivity contribution >= 4 is 11.8 Å². The van der Waals surface area contributed by atoms with E-state index in [0.717, 1.165) is 29.0 Å². The minimum atomic E-state index is -0.128. The lowest BCUT2D eigenvalue weighted by atomic mass is 9.91. The minimum absolute atomic E-state index is 0.0313. The number of benzene rings is 2. The summed E-state index contributed by atoms with van der Waals surface area (Å²) in [6.45, 7) is 10.5. The number of rotatable bonds is 12. The van der Waals surface area contributed by atoms with E-state index in [1.165, 1.54) is 0 Å². The van der Waals surface area contributed by atoms with Crippen molar-refractivity contribution in [1.29, 1.82) is 0 Å². The van der Waals surface area contributed by atoms with Gasteiger partial charge in [-0.1, -0.05) is 70.2 Å². The normalized spacial score (nSPS) is 11.3. The van der Waals surface area contributed by atoms with Crippen LogP contribution in [-0.2, 0) is 29.2 Å². The summed E-state index contributed by atoms with van der Waals surface area (Å²) in [6, 6.07) is 22.1. The number of methoxy groups -OCH3 is 1. The predicted molar refractivity (Wildman–Crippen MR) is 148 cm³/mol. The number of aromatic nitrogens is 1. The first kappa shape index (κ1) is 28.0. The van der Waals surface area contributed by atoms with E-state index >= 15 is 0 Å². The number of carbonyl (C=O) groups is 2. The average molecular weight is 504 g/mol. The quantitative estimate of drug-likeness (QED) is 0.316. The van der Waals surface area contributed by atoms with E-state index < -0.39 is 0 Å². The van der Waals surface area contributed by atoms with Gasteiger partial charge in [-0.3, -0.25) is 9.59 Å². The number of carbonyl (C=O) groups excluding carboxylic acids is 2. The van der Waals surface area contributed by atoms with Gasteiger partial charge in [-0.05, 0) is 47.2 Å². The molecule has 0 aliphatic heterocycles. The van der Waals surface area contributed by atoms with Crippen LogP contribution in [0, 0.1) is 5.41 Å². The summed E-state index contributed by atoms with van der Waals surface area (Å²) in [5, 5.41) is 0. The van der Waals surface area contributed by atoms with E-state index in [1.54, 1.807) is 12.0 Å². The third-order valence-corrected chi connectivity index (χ3v) is 6.19. The molecule has 3 rings (SSSR count). The molecule has 3 aromatic rings. The second-order valence-electron chi connectivity index (χ2n) is 10.8. The van der Waals surface area contributed by atoms with Crippen LogP contribution in [0.15, 0.2) is 72.9 Å². The lowest BCUT2D eigenvalue weighted by Gasteiger charge is -2.30. The first-order valence-electron chi connectivity index (χ1n) is 13.0. The van der Waals surface area contributed by atoms with Gasteiger partial charge in [0.25, 0.3) is 0 Å². The lowest BCUT2D eigenvalue weighted by Crippen LogP contribution is -2.43. The van der Waals surface area contributed by atoms with Gasteiger partial charge >= 0.3 is 0 Å². The van der Waals surface area contributed by atoms with Crippen LogP contribution < -0.4 is 4.74 Å². The van der Waals surface area contributed by atoms with Gasteiger partial charge < -0.3 is 19.1 Å². The Balaban J connectivity index is 1.81. The SMILES string of the molecule is CCCN(CC(=O)N(Cc1ccccc1)Cc1cccn1Cc1cccc(OC)c1)C(=O)CC(C)(C)C. The molecule has 6 nitrogen and oxygen atoms in total. The van der Waals surface area contributed by atoms with Crippen LogP contribution >= 0.6 is 0 Å². The van der Waals surface area contributed by atoms with Crippen LogP contribution in [0.4, 0.5) is 0 Å². The molecule has 0 saturated heterocycles. The third-order valence-electron chi connectivity index (χ3n) is 6.19. The zero-order chi connectivity index (χ0) is 26.8. The van der Waals surface area contributed by atoms with E-state index in [2.05, 4.69) is 37.5 Å². The van der Waals surface area contributed by atoms with E-state index in [0.29, 0.717) is 32.6 Å². The molecule has 37 heavy (non-hydrogen) atoms. The summed E-state index contributed by atoms with van der Waals surface area (Å²) >= 11 is 0. The Morgan fingerprint density at radius 3 is 2.27 bits per heavy atom. The van der Waals surface area contributed by atoms with Crippen molar-refractivity contribution in [2.45, 2.75) is 60.2 Å². The molecule has 0 aliphatic carbocycles. The number of hydrogen-bond donors (Lipinski definition) is 0. The Bertz CT molecular complexity index is 1150. The van der Waals surface area contributed by atoms with E-state index in [4.69, 9.17) is 4.74 Å². The third kappa shape index (κ3) is 8.81. The molecule has 0 radical (unpaired) electrons. The summed E-state index contributed by atoms with van der Waals surface area (Å²) in [6.07, 6.45) is 3.27. The van der Waals surface area contributed by atoms with Crippen LogP contribution in [-0.4, -0.2) is 46.4 Å². The highest BCUT2D eigenvalue weighted by atomic mass is 16.5. The zero-order valence-electron chi connectivity index (χ0n) is 22.9. The molecule has 198 valence electrons. The fourth-order valence-electron chi connectivity index (χ4n) is 4.34. The summed E-state index contributed by atoms with van der Waals surface area (Å²) in [7, 11) is 1.67. The van der Waals surface area contributed by atoms with Gasteiger partial charge in [0.1, 0.15) is 5.75 Å². The topological polar surface area (TPSA) is 54.8 Å². The number of amides is 2. The molecule has 2 aromatic carbocycles. The van der Waals surface area contributed by atoms with Crippen molar-refractivity contribution in [2.24, 2.45) is 5.41 Å². The van der Waals surface area contributed by atoms with Gasteiger partial charge in [0.15, 0.2) is 0 Å². The Morgan fingerprint density at radius 1 is 0.865 bits per heavy atom. The molecule has 0 bridgehead atoms. The highest BCUT2D eigenvalue weighted by Crippen LogP contribution is 2.21. The highest BCUT2D eigenvalue weighted by Gasteiger charge is 2.25. The predicted octanol–water partition coefficient (Wildman–Crippen LogP) is 5.75. The summed E-state index contributed by atoms with van der Waals surface area (Å²) in [5.41, 5.74) is 3.09. The van der Waals surface area contributed by atoms with Crippen LogP contribution in [0.5, 0.6) is 5.75 Å². The second kappa shape index (κ2) is 13.1. The van der Waals surface area contributed by atoms with Crippen molar-refractivity contribution in [1.82, 2.24) is 14.4 Å². The molecule has 0 unspecified atom stereocenters. The molecule has 1 aromatic heterocycles. The first-order valence-corrected chi connectivity index (χ1v) is 13.0. The Morgan fingerprint density at radius 2 is 1.59 bits per heavy atom. The molecule has 0 saturated carbocycles.